The van der Waals surface area contributed by atoms with E-state index in [0.29, 0.717) is 6.42 Å². The molecule has 0 saturated carbocycles. The Morgan fingerprint density at radius 3 is 2.10 bits per heavy atom. The minimum atomic E-state index is 0.359. The van der Waals surface area contributed by atoms with Gasteiger partial charge in [0.05, 0.1) is 6.61 Å². The predicted molar refractivity (Wildman–Crippen MR) is 83.9 cm³/mol. The number of unbranched alkanes of at least 4 members (excludes halogenated alkanes) is 7. The van der Waals surface area contributed by atoms with E-state index in [1.54, 1.807) is 0 Å². The van der Waals surface area contributed by atoms with Crippen LogP contribution in [-0.2, 0) is 11.2 Å². The molecule has 1 rings (SSSR count). The number of benzene rings is 1. The minimum absolute atomic E-state index is 0.359. The Labute approximate surface area is 123 Å². The van der Waals surface area contributed by atoms with Crippen molar-refractivity contribution in [2.75, 3.05) is 6.61 Å². The fraction of sp³-hybridized carbons (Fsp3) is 0.611. The van der Waals surface area contributed by atoms with E-state index in [-0.39, 0.29) is 0 Å². The Hall–Kier alpha value is -1.31. The van der Waals surface area contributed by atoms with Gasteiger partial charge in [0.25, 0.3) is 0 Å². The Morgan fingerprint density at radius 2 is 1.50 bits per heavy atom. The first-order chi connectivity index (χ1) is 9.86. The third-order valence-electron chi connectivity index (χ3n) is 3.47. The summed E-state index contributed by atoms with van der Waals surface area (Å²) in [5.74, 6) is 0.891. The highest BCUT2D eigenvalue weighted by Crippen LogP contribution is 2.13. The van der Waals surface area contributed by atoms with Crippen LogP contribution in [0.15, 0.2) is 24.3 Å². The van der Waals surface area contributed by atoms with Gasteiger partial charge in [-0.1, -0.05) is 64.0 Å². The van der Waals surface area contributed by atoms with E-state index in [4.69, 9.17) is 4.74 Å². The van der Waals surface area contributed by atoms with Gasteiger partial charge in [-0.2, -0.15) is 0 Å². The van der Waals surface area contributed by atoms with Crippen molar-refractivity contribution in [3.05, 3.63) is 29.8 Å². The highest BCUT2D eigenvalue weighted by Gasteiger charge is 1.96. The zero-order valence-electron chi connectivity index (χ0n) is 12.7. The van der Waals surface area contributed by atoms with Crippen molar-refractivity contribution in [1.82, 2.24) is 0 Å². The van der Waals surface area contributed by atoms with Crippen molar-refractivity contribution in [3.63, 3.8) is 0 Å². The second-order valence-electron chi connectivity index (χ2n) is 5.29. The van der Waals surface area contributed by atoms with E-state index >= 15 is 0 Å². The van der Waals surface area contributed by atoms with Crippen molar-refractivity contribution in [3.8, 4) is 5.75 Å². The molecule has 1 aromatic rings. The summed E-state index contributed by atoms with van der Waals surface area (Å²) >= 11 is 0. The Morgan fingerprint density at radius 1 is 0.900 bits per heavy atom. The average Bonchev–Trinajstić information content (AvgIpc) is 2.47. The summed E-state index contributed by atoms with van der Waals surface area (Å²) in [5, 5.41) is 0. The molecule has 0 spiro atoms. The largest absolute Gasteiger partial charge is 0.494 e. The number of carbonyl (C=O) groups excluding carboxylic acids is 1. The summed E-state index contributed by atoms with van der Waals surface area (Å²) in [6.07, 6.45) is 12.8. The fourth-order valence-corrected chi connectivity index (χ4v) is 2.21. The second-order valence-corrected chi connectivity index (χ2v) is 5.29. The van der Waals surface area contributed by atoms with Gasteiger partial charge in [0.2, 0.25) is 6.29 Å². The average molecular weight is 275 g/mol. The van der Waals surface area contributed by atoms with Gasteiger partial charge < -0.3 is 4.74 Å². The lowest BCUT2D eigenvalue weighted by Crippen LogP contribution is -1.97. The maximum absolute atomic E-state index is 10.3. The van der Waals surface area contributed by atoms with Crippen molar-refractivity contribution in [1.29, 1.82) is 0 Å². The summed E-state index contributed by atoms with van der Waals surface area (Å²) in [4.78, 5) is 10.3. The van der Waals surface area contributed by atoms with Gasteiger partial charge >= 0.3 is 0 Å². The molecule has 0 unspecified atom stereocenters. The normalized spacial score (nSPS) is 10.4. The molecule has 111 valence electrons. The van der Waals surface area contributed by atoms with Gasteiger partial charge in [-0.15, -0.1) is 0 Å². The van der Waals surface area contributed by atoms with E-state index in [1.165, 1.54) is 44.9 Å². The van der Waals surface area contributed by atoms with Crippen LogP contribution in [0.1, 0.15) is 63.9 Å². The van der Waals surface area contributed by atoms with E-state index in [9.17, 15) is 4.79 Å². The highest BCUT2D eigenvalue weighted by molar-refractivity contribution is 5.55. The van der Waals surface area contributed by atoms with Crippen LogP contribution < -0.4 is 4.74 Å². The van der Waals surface area contributed by atoms with Crippen LogP contribution in [0.2, 0.25) is 0 Å². The predicted octanol–water partition coefficient (Wildman–Crippen LogP) is 4.86. The molecule has 1 aromatic carbocycles. The van der Waals surface area contributed by atoms with Gasteiger partial charge in [0, 0.05) is 6.42 Å². The quantitative estimate of drug-likeness (QED) is 0.509. The maximum Gasteiger partial charge on any atom is 0.203 e. The number of hydrogen-bond acceptors (Lipinski definition) is 2. The number of ether oxygens (including phenoxy) is 1. The van der Waals surface area contributed by atoms with Gasteiger partial charge in [0.15, 0.2) is 0 Å². The zero-order valence-corrected chi connectivity index (χ0v) is 12.7. The first-order valence-electron chi connectivity index (χ1n) is 7.93. The molecule has 0 atom stereocenters. The first kappa shape index (κ1) is 16.7. The van der Waals surface area contributed by atoms with E-state index in [0.717, 1.165) is 24.3 Å². The van der Waals surface area contributed by atoms with Gasteiger partial charge in [-0.3, -0.25) is 4.79 Å². The summed E-state index contributed by atoms with van der Waals surface area (Å²) in [6, 6.07) is 7.71. The van der Waals surface area contributed by atoms with Gasteiger partial charge in [0.1, 0.15) is 5.75 Å². The summed E-state index contributed by atoms with van der Waals surface area (Å²) in [5.41, 5.74) is 0.986. The van der Waals surface area contributed by atoms with Crippen LogP contribution in [-0.4, -0.2) is 12.9 Å². The molecule has 2 heteroatoms. The Balaban J connectivity index is 1.99. The molecule has 0 saturated heterocycles. The smallest absolute Gasteiger partial charge is 0.203 e. The van der Waals surface area contributed by atoms with Crippen LogP contribution in [0.25, 0.3) is 0 Å². The Bertz CT molecular complexity index is 343. The first-order valence-corrected chi connectivity index (χ1v) is 7.93. The minimum Gasteiger partial charge on any atom is -0.494 e. The maximum atomic E-state index is 10.3. The molecule has 2 nitrogen and oxygen atoms in total. The van der Waals surface area contributed by atoms with Crippen molar-refractivity contribution < 1.29 is 9.53 Å². The lowest BCUT2D eigenvalue weighted by Gasteiger charge is -2.06. The van der Waals surface area contributed by atoms with E-state index in [2.05, 4.69) is 6.92 Å². The molecule has 1 radical (unpaired) electrons. The third kappa shape index (κ3) is 7.98. The summed E-state index contributed by atoms with van der Waals surface area (Å²) < 4.78 is 5.69. The molecule has 0 fully saturated rings. The molecule has 0 N–H and O–H groups in total. The Kier molecular flexibility index (Phi) is 9.64. The molecule has 0 aliphatic carbocycles. The van der Waals surface area contributed by atoms with E-state index in [1.807, 2.05) is 30.6 Å². The van der Waals surface area contributed by atoms with Gasteiger partial charge in [-0.25, -0.2) is 0 Å². The standard InChI is InChI=1S/C18H27O2/c1-2-3-4-5-6-7-8-9-16-20-18-12-10-17(11-13-18)14-15-19/h10-13H,2-9,14,16H2,1H3. The van der Waals surface area contributed by atoms with Crippen LogP contribution >= 0.6 is 0 Å². The number of rotatable bonds is 12. The molecular formula is C18H27O2. The van der Waals surface area contributed by atoms with Crippen LogP contribution in [0.5, 0.6) is 5.75 Å². The number of hydrogen-bond donors (Lipinski definition) is 0. The van der Waals surface area contributed by atoms with Crippen LogP contribution in [0.4, 0.5) is 0 Å². The van der Waals surface area contributed by atoms with Crippen molar-refractivity contribution in [2.24, 2.45) is 0 Å². The van der Waals surface area contributed by atoms with Crippen molar-refractivity contribution in [2.45, 2.75) is 64.7 Å². The molecule has 0 aliphatic heterocycles. The lowest BCUT2D eigenvalue weighted by atomic mass is 10.1. The molecule has 0 bridgehead atoms. The highest BCUT2D eigenvalue weighted by atomic mass is 16.5. The summed E-state index contributed by atoms with van der Waals surface area (Å²) in [6.45, 7) is 3.04. The topological polar surface area (TPSA) is 26.3 Å². The summed E-state index contributed by atoms with van der Waals surface area (Å²) in [7, 11) is 0. The zero-order chi connectivity index (χ0) is 14.5. The molecule has 0 amide bonds. The van der Waals surface area contributed by atoms with E-state index < -0.39 is 0 Å². The lowest BCUT2D eigenvalue weighted by molar-refractivity contribution is 0.304. The molecule has 0 aliphatic rings. The van der Waals surface area contributed by atoms with Crippen LogP contribution in [0, 0.1) is 0 Å². The fourth-order valence-electron chi connectivity index (χ4n) is 2.21. The molecular weight excluding hydrogens is 248 g/mol. The van der Waals surface area contributed by atoms with Gasteiger partial charge in [-0.05, 0) is 24.1 Å². The molecule has 0 heterocycles. The third-order valence-corrected chi connectivity index (χ3v) is 3.47. The van der Waals surface area contributed by atoms with Crippen LogP contribution in [0.3, 0.4) is 0 Å². The SMILES string of the molecule is CCCCCCCCCCOc1ccc(C[C]=O)cc1. The second kappa shape index (κ2) is 11.5. The monoisotopic (exact) mass is 275 g/mol. The van der Waals surface area contributed by atoms with Crippen molar-refractivity contribution >= 4 is 6.29 Å². The molecule has 20 heavy (non-hydrogen) atoms. The molecule has 0 aromatic heterocycles.